The molecule has 0 spiro atoms. The highest BCUT2D eigenvalue weighted by atomic mass is 15.2. The summed E-state index contributed by atoms with van der Waals surface area (Å²) in [5.74, 6) is 0.342. The van der Waals surface area contributed by atoms with Crippen LogP contribution in [0, 0.1) is 0 Å². The van der Waals surface area contributed by atoms with Gasteiger partial charge in [-0.25, -0.2) is 0 Å². The molecule has 2 heterocycles. The van der Waals surface area contributed by atoms with Crippen LogP contribution < -0.4 is 21.3 Å². The van der Waals surface area contributed by atoms with Crippen LogP contribution >= 0.6 is 0 Å². The number of allylic oxidation sites excluding steroid dienone is 7. The van der Waals surface area contributed by atoms with Gasteiger partial charge in [0, 0.05) is 28.5 Å². The highest BCUT2D eigenvalue weighted by Gasteiger charge is 2.45. The van der Waals surface area contributed by atoms with Crippen molar-refractivity contribution in [3.63, 3.8) is 0 Å². The third-order valence-corrected chi connectivity index (χ3v) is 11.1. The standard InChI is InChI=1S/C46H30BN/c1-3-12-29(13-4-1)37-28-38(30-14-5-2-6-15-30)46-45-44(37)36-18-7-8-19-39(36)47(45)40-20-9-10-21-41(40)48(46)35-26-33-24-22-31-16-11-17-32-23-25-34(27-35)43(33)42(31)32/h1-24,26-28,42H,25H2. The Morgan fingerprint density at radius 1 is 0.604 bits per heavy atom. The molecule has 0 saturated carbocycles. The Balaban J connectivity index is 1.26. The van der Waals surface area contributed by atoms with Crippen molar-refractivity contribution in [3.8, 4) is 33.4 Å². The number of para-hydroxylation sites is 1. The fourth-order valence-corrected chi connectivity index (χ4v) is 9.22. The van der Waals surface area contributed by atoms with Crippen LogP contribution in [0.3, 0.4) is 0 Å². The van der Waals surface area contributed by atoms with Gasteiger partial charge in [-0.3, -0.25) is 0 Å². The predicted molar refractivity (Wildman–Crippen MR) is 203 cm³/mol. The van der Waals surface area contributed by atoms with E-state index in [1.54, 1.807) is 0 Å². The van der Waals surface area contributed by atoms with E-state index in [1.807, 2.05) is 0 Å². The highest BCUT2D eigenvalue weighted by Crippen LogP contribution is 2.52. The molecule has 3 aliphatic carbocycles. The van der Waals surface area contributed by atoms with Crippen LogP contribution in [0.1, 0.15) is 22.6 Å². The lowest BCUT2D eigenvalue weighted by Crippen LogP contribution is -2.54. The largest absolute Gasteiger partial charge is 0.311 e. The van der Waals surface area contributed by atoms with Gasteiger partial charge in [-0.2, -0.15) is 0 Å². The minimum Gasteiger partial charge on any atom is -0.311 e. The summed E-state index contributed by atoms with van der Waals surface area (Å²) in [6.45, 7) is 0.160. The summed E-state index contributed by atoms with van der Waals surface area (Å²) >= 11 is 0. The molecular weight excluding hydrogens is 577 g/mol. The second-order valence-electron chi connectivity index (χ2n) is 13.6. The van der Waals surface area contributed by atoms with Crippen LogP contribution in [0.5, 0.6) is 0 Å². The van der Waals surface area contributed by atoms with Crippen LogP contribution in [0.25, 0.3) is 39.5 Å². The molecule has 0 aromatic heterocycles. The van der Waals surface area contributed by atoms with E-state index in [2.05, 4.69) is 169 Å². The molecule has 0 bridgehead atoms. The van der Waals surface area contributed by atoms with Gasteiger partial charge in [-0.05, 0) is 97.3 Å². The first-order valence-corrected chi connectivity index (χ1v) is 17.1. The lowest BCUT2D eigenvalue weighted by atomic mass is 9.37. The number of anilines is 3. The minimum atomic E-state index is 0.160. The second-order valence-corrected chi connectivity index (χ2v) is 13.6. The summed E-state index contributed by atoms with van der Waals surface area (Å²) in [7, 11) is 0. The van der Waals surface area contributed by atoms with E-state index in [4.69, 9.17) is 0 Å². The third kappa shape index (κ3) is 3.52. The van der Waals surface area contributed by atoms with Gasteiger partial charge in [-0.15, -0.1) is 0 Å². The number of rotatable bonds is 3. The van der Waals surface area contributed by atoms with Crippen molar-refractivity contribution in [2.75, 3.05) is 4.90 Å². The number of fused-ring (bicyclic) bond motifs is 5. The van der Waals surface area contributed by atoms with Crippen molar-refractivity contribution in [2.45, 2.75) is 12.3 Å². The molecule has 0 fully saturated rings. The molecule has 1 atom stereocenters. The summed E-state index contributed by atoms with van der Waals surface area (Å²) in [5.41, 5.74) is 22.9. The Hall–Kier alpha value is -5.86. The number of benzene rings is 6. The molecule has 6 aromatic carbocycles. The zero-order valence-corrected chi connectivity index (χ0v) is 26.4. The van der Waals surface area contributed by atoms with Crippen molar-refractivity contribution in [1.82, 2.24) is 0 Å². The summed E-state index contributed by atoms with van der Waals surface area (Å²) in [6.07, 6.45) is 14.9. The Kier molecular flexibility index (Phi) is 5.37. The van der Waals surface area contributed by atoms with Crippen molar-refractivity contribution in [3.05, 3.63) is 186 Å². The molecule has 48 heavy (non-hydrogen) atoms. The maximum atomic E-state index is 2.60. The van der Waals surface area contributed by atoms with Crippen LogP contribution in [0.15, 0.2) is 169 Å². The van der Waals surface area contributed by atoms with Gasteiger partial charge in [0.15, 0.2) is 0 Å². The molecule has 2 aliphatic heterocycles. The molecule has 2 heteroatoms. The van der Waals surface area contributed by atoms with E-state index in [1.165, 1.54) is 94.7 Å². The Morgan fingerprint density at radius 2 is 1.33 bits per heavy atom. The first-order chi connectivity index (χ1) is 23.8. The first-order valence-electron chi connectivity index (χ1n) is 17.1. The average molecular weight is 608 g/mol. The Bertz CT molecular complexity index is 2480. The van der Waals surface area contributed by atoms with E-state index in [-0.39, 0.29) is 6.71 Å². The molecule has 0 radical (unpaired) electrons. The zero-order chi connectivity index (χ0) is 31.3. The van der Waals surface area contributed by atoms with Crippen molar-refractivity contribution in [1.29, 1.82) is 0 Å². The fraction of sp³-hybridized carbons (Fsp3) is 0.0435. The van der Waals surface area contributed by atoms with E-state index < -0.39 is 0 Å². The average Bonchev–Trinajstić information content (AvgIpc) is 3.50. The monoisotopic (exact) mass is 607 g/mol. The molecule has 6 aromatic rings. The second kappa shape index (κ2) is 9.83. The van der Waals surface area contributed by atoms with Gasteiger partial charge < -0.3 is 4.90 Å². The number of nitrogens with zero attached hydrogens (tertiary/aromatic N) is 1. The van der Waals surface area contributed by atoms with Crippen LogP contribution in [-0.2, 0) is 6.42 Å². The lowest BCUT2D eigenvalue weighted by molar-refractivity contribution is 0.892. The van der Waals surface area contributed by atoms with Gasteiger partial charge in [0.2, 0.25) is 6.71 Å². The fourth-order valence-electron chi connectivity index (χ4n) is 9.22. The van der Waals surface area contributed by atoms with E-state index in [0.717, 1.165) is 6.42 Å². The highest BCUT2D eigenvalue weighted by molar-refractivity contribution is 7.01. The SMILES string of the molecule is C1=CC2=CCc3cc(N4c5ccccc5B5c6ccccc6-c6c(-c7ccccc7)cc(-c7ccccc7)c4c65)cc4c3C2C(=C1)C=C4. The van der Waals surface area contributed by atoms with Gasteiger partial charge in [-0.1, -0.05) is 145 Å². The maximum Gasteiger partial charge on any atom is 0.248 e. The van der Waals surface area contributed by atoms with Gasteiger partial charge >= 0.3 is 0 Å². The Morgan fingerprint density at radius 3 is 2.17 bits per heavy atom. The van der Waals surface area contributed by atoms with E-state index in [9.17, 15) is 0 Å². The zero-order valence-electron chi connectivity index (χ0n) is 26.4. The number of hydrogen-bond donors (Lipinski definition) is 0. The summed E-state index contributed by atoms with van der Waals surface area (Å²) < 4.78 is 0. The maximum absolute atomic E-state index is 2.60. The minimum absolute atomic E-state index is 0.160. The smallest absolute Gasteiger partial charge is 0.248 e. The molecule has 0 saturated heterocycles. The van der Waals surface area contributed by atoms with Crippen molar-refractivity contribution < 1.29 is 0 Å². The molecule has 11 rings (SSSR count). The summed E-state index contributed by atoms with van der Waals surface area (Å²) in [6, 6.07) is 47.7. The molecule has 5 aliphatic rings. The Labute approximate surface area is 281 Å². The quantitative estimate of drug-likeness (QED) is 0.181. The molecular formula is C46H30BN. The molecule has 1 nitrogen and oxygen atoms in total. The topological polar surface area (TPSA) is 3.24 Å². The lowest BCUT2D eigenvalue weighted by Gasteiger charge is -2.39. The van der Waals surface area contributed by atoms with Crippen molar-refractivity contribution in [2.24, 2.45) is 0 Å². The molecule has 1 unspecified atom stereocenters. The van der Waals surface area contributed by atoms with Crippen LogP contribution in [-0.4, -0.2) is 6.71 Å². The van der Waals surface area contributed by atoms with Crippen LogP contribution in [0.2, 0.25) is 0 Å². The first kappa shape index (κ1) is 26.2. The predicted octanol–water partition coefficient (Wildman–Crippen LogP) is 9.39. The third-order valence-electron chi connectivity index (χ3n) is 11.1. The number of hydrogen-bond acceptors (Lipinski definition) is 1. The van der Waals surface area contributed by atoms with E-state index >= 15 is 0 Å². The summed E-state index contributed by atoms with van der Waals surface area (Å²) in [5, 5.41) is 0. The van der Waals surface area contributed by atoms with Gasteiger partial charge in [0.05, 0.1) is 0 Å². The van der Waals surface area contributed by atoms with Gasteiger partial charge in [0.1, 0.15) is 0 Å². The normalized spacial score (nSPS) is 16.9. The molecule has 0 N–H and O–H groups in total. The van der Waals surface area contributed by atoms with Crippen molar-refractivity contribution >= 4 is 46.2 Å². The molecule has 0 amide bonds. The van der Waals surface area contributed by atoms with E-state index in [0.29, 0.717) is 5.92 Å². The van der Waals surface area contributed by atoms with Crippen LogP contribution in [0.4, 0.5) is 17.1 Å². The molecule has 222 valence electrons. The summed E-state index contributed by atoms with van der Waals surface area (Å²) in [4.78, 5) is 2.60. The van der Waals surface area contributed by atoms with Gasteiger partial charge in [0.25, 0.3) is 0 Å².